The number of hydrogen-bond donors (Lipinski definition) is 2. The van der Waals surface area contributed by atoms with E-state index < -0.39 is 11.9 Å². The average molecular weight is 589 g/mol. The lowest BCUT2D eigenvalue weighted by atomic mass is 10.1. The number of pyridine rings is 2. The third kappa shape index (κ3) is 8.10. The summed E-state index contributed by atoms with van der Waals surface area (Å²) in [5, 5.41) is 18.6. The van der Waals surface area contributed by atoms with Gasteiger partial charge in [0.25, 0.3) is 12.9 Å². The van der Waals surface area contributed by atoms with Crippen molar-refractivity contribution in [3.8, 4) is 34.0 Å². The van der Waals surface area contributed by atoms with Gasteiger partial charge in [-0.05, 0) is 17.2 Å². The summed E-state index contributed by atoms with van der Waals surface area (Å²) in [5.41, 5.74) is 2.46. The van der Waals surface area contributed by atoms with Gasteiger partial charge in [-0.15, -0.1) is 0 Å². The molecule has 40 heavy (non-hydrogen) atoms. The van der Waals surface area contributed by atoms with Gasteiger partial charge < -0.3 is 44.5 Å². The lowest BCUT2D eigenvalue weighted by Crippen LogP contribution is -3.00. The van der Waals surface area contributed by atoms with Gasteiger partial charge in [0.1, 0.15) is 11.5 Å². The summed E-state index contributed by atoms with van der Waals surface area (Å²) < 4.78 is 13.1. The number of ether oxygens (including phenoxy) is 2. The maximum Gasteiger partial charge on any atom is 0.335 e. The molecule has 0 aliphatic rings. The first kappa shape index (κ1) is 35.2. The zero-order valence-corrected chi connectivity index (χ0v) is 20.7. The molecule has 2 aromatic heterocycles. The van der Waals surface area contributed by atoms with E-state index in [1.165, 1.54) is 18.2 Å². The molecule has 4 rings (SSSR count). The molecular weight excluding hydrogens is 563 g/mol. The van der Waals surface area contributed by atoms with E-state index in [0.717, 1.165) is 17.2 Å². The molecule has 0 fully saturated rings. The van der Waals surface area contributed by atoms with Crippen molar-refractivity contribution >= 4 is 24.9 Å². The van der Waals surface area contributed by atoms with Crippen LogP contribution in [-0.4, -0.2) is 35.1 Å². The molecule has 0 bridgehead atoms. The highest BCUT2D eigenvalue weighted by molar-refractivity contribution is 5.94. The summed E-state index contributed by atoms with van der Waals surface area (Å²) in [5.74, 6) is -2.02. The summed E-state index contributed by atoms with van der Waals surface area (Å²) in [4.78, 5) is 44.2. The molecule has 0 saturated carbocycles. The summed E-state index contributed by atoms with van der Waals surface area (Å²) >= 11 is 0. The van der Waals surface area contributed by atoms with Gasteiger partial charge in [0, 0.05) is 42.5 Å². The minimum absolute atomic E-state index is 0. The molecule has 0 amide bonds. The molecule has 2 aromatic carbocycles. The number of aromatic nitrogens is 2. The summed E-state index contributed by atoms with van der Waals surface area (Å²) in [6.07, 6.45) is 6.95. The van der Waals surface area contributed by atoms with Crippen molar-refractivity contribution in [1.82, 2.24) is 0 Å². The number of carbonyl (C=O) groups is 4. The maximum absolute atomic E-state index is 11.4. The van der Waals surface area contributed by atoms with E-state index in [9.17, 15) is 29.4 Å². The minimum atomic E-state index is -1.22. The van der Waals surface area contributed by atoms with Crippen LogP contribution in [0.4, 0.5) is 0 Å². The molecule has 12 heteroatoms. The smallest absolute Gasteiger partial charge is 0.335 e. The molecule has 2 N–H and O–H groups in total. The second-order valence-electron chi connectivity index (χ2n) is 7.46. The Labute approximate surface area is 242 Å². The number of benzene rings is 2. The van der Waals surface area contributed by atoms with Crippen LogP contribution in [0, 0.1) is 0 Å². The van der Waals surface area contributed by atoms with Gasteiger partial charge >= 0.3 is 11.9 Å². The zero-order valence-electron chi connectivity index (χ0n) is 19.2. The predicted octanol–water partition coefficient (Wildman–Crippen LogP) is -2.35. The van der Waals surface area contributed by atoms with Crippen molar-refractivity contribution in [3.63, 3.8) is 0 Å². The molecule has 0 radical (unpaired) electrons. The molecule has 0 unspecified atom stereocenters. The Hall–Kier alpha value is -4.80. The Kier molecular flexibility index (Phi) is 13.7. The Morgan fingerprint density at radius 3 is 1.27 bits per heavy atom. The normalized spacial score (nSPS) is 9.30. The van der Waals surface area contributed by atoms with Gasteiger partial charge in [-0.25, -0.2) is 9.59 Å². The first-order valence-corrected chi connectivity index (χ1v) is 10.4. The van der Waals surface area contributed by atoms with Crippen LogP contribution >= 0.6 is 0 Å². The monoisotopic (exact) mass is 588 g/mol. The first-order valence-electron chi connectivity index (χ1n) is 10.4. The van der Waals surface area contributed by atoms with Gasteiger partial charge in [0.15, 0.2) is 24.8 Å². The second kappa shape index (κ2) is 15.6. The van der Waals surface area contributed by atoms with Crippen LogP contribution in [0.15, 0.2) is 85.5 Å². The second-order valence-corrected chi connectivity index (χ2v) is 7.46. The SMILES string of the molecule is C.C.O=COc1cc(OC=O)cc(-[n+]2ccc(-c3cc[n+](-c4cc(C(=O)O)cc(C(=O)O)c4)cc3)cc2)c1.[Cl-].[Cl-]. The Balaban J connectivity index is 0.00000380. The number of halogens is 2. The minimum Gasteiger partial charge on any atom is -1.00 e. The third-order valence-corrected chi connectivity index (χ3v) is 5.23. The van der Waals surface area contributed by atoms with Crippen LogP contribution in [0.25, 0.3) is 22.5 Å². The van der Waals surface area contributed by atoms with E-state index in [2.05, 4.69) is 0 Å². The number of carboxylic acid groups (broad SMARTS) is 2. The van der Waals surface area contributed by atoms with Crippen LogP contribution in [0.1, 0.15) is 35.6 Å². The van der Waals surface area contributed by atoms with Crippen molar-refractivity contribution in [3.05, 3.63) is 96.6 Å². The topological polar surface area (TPSA) is 135 Å². The van der Waals surface area contributed by atoms with Crippen LogP contribution < -0.4 is 43.4 Å². The highest BCUT2D eigenvalue weighted by atomic mass is 35.5. The van der Waals surface area contributed by atoms with Gasteiger partial charge in [0.2, 0.25) is 11.4 Å². The summed E-state index contributed by atoms with van der Waals surface area (Å²) in [6.45, 7) is 0.555. The first-order chi connectivity index (χ1) is 17.4. The van der Waals surface area contributed by atoms with E-state index in [1.807, 2.05) is 24.3 Å². The number of hydrogen-bond acceptors (Lipinski definition) is 6. The van der Waals surface area contributed by atoms with Crippen LogP contribution in [0.2, 0.25) is 0 Å². The number of aromatic carboxylic acids is 2. The van der Waals surface area contributed by atoms with Gasteiger partial charge in [-0.2, -0.15) is 9.13 Å². The van der Waals surface area contributed by atoms with Crippen LogP contribution in [0.5, 0.6) is 11.5 Å². The fourth-order valence-electron chi connectivity index (χ4n) is 3.54. The lowest BCUT2D eigenvalue weighted by molar-refractivity contribution is -0.596. The van der Waals surface area contributed by atoms with E-state index in [1.54, 1.807) is 46.1 Å². The standard InChI is InChI=1S/C26H16N2O8.2CH4.2ClH/c29-15-35-23-12-22(13-24(14-23)36-16-30)28-7-3-18(4-8-28)17-1-5-27(6-2-17)21-10-19(25(31)32)9-20(11-21)26(33)34;;;;/h1-16H;2*1H4;2*1H. The Morgan fingerprint density at radius 1 is 0.600 bits per heavy atom. The van der Waals surface area contributed by atoms with Gasteiger partial charge in [0.05, 0.1) is 23.3 Å². The molecule has 4 aromatic rings. The van der Waals surface area contributed by atoms with E-state index in [4.69, 9.17) is 9.47 Å². The lowest BCUT2D eigenvalue weighted by Gasteiger charge is -2.05. The highest BCUT2D eigenvalue weighted by Crippen LogP contribution is 2.23. The zero-order chi connectivity index (χ0) is 25.7. The molecule has 0 aliphatic heterocycles. The van der Waals surface area contributed by atoms with Crippen LogP contribution in [0.3, 0.4) is 0 Å². The Morgan fingerprint density at radius 2 is 0.950 bits per heavy atom. The quantitative estimate of drug-likeness (QED) is 0.164. The maximum atomic E-state index is 11.4. The van der Waals surface area contributed by atoms with Gasteiger partial charge in [-0.3, -0.25) is 9.59 Å². The fraction of sp³-hybridized carbons (Fsp3) is 0.0714. The third-order valence-electron chi connectivity index (χ3n) is 5.23. The number of carboxylic acids is 2. The number of nitrogens with zero attached hydrogens (tertiary/aromatic N) is 2. The molecule has 0 aliphatic carbocycles. The molecule has 2 heterocycles. The van der Waals surface area contributed by atoms with Crippen molar-refractivity contribution in [2.45, 2.75) is 14.9 Å². The Bertz CT molecular complexity index is 1420. The molecule has 10 nitrogen and oxygen atoms in total. The van der Waals surface area contributed by atoms with E-state index in [0.29, 0.717) is 11.4 Å². The molecule has 0 spiro atoms. The van der Waals surface area contributed by atoms with Crippen LogP contribution in [-0.2, 0) is 9.59 Å². The average Bonchev–Trinajstić information content (AvgIpc) is 2.89. The molecular formula is C28H26Cl2N2O8. The largest absolute Gasteiger partial charge is 1.00 e. The number of rotatable bonds is 9. The van der Waals surface area contributed by atoms with Crippen molar-refractivity contribution < 1.29 is 72.8 Å². The van der Waals surface area contributed by atoms with E-state index in [-0.39, 0.29) is 75.2 Å². The van der Waals surface area contributed by atoms with Crippen molar-refractivity contribution in [2.75, 3.05) is 0 Å². The van der Waals surface area contributed by atoms with E-state index >= 15 is 0 Å². The molecule has 0 saturated heterocycles. The van der Waals surface area contributed by atoms with Crippen molar-refractivity contribution in [1.29, 1.82) is 0 Å². The van der Waals surface area contributed by atoms with Crippen molar-refractivity contribution in [2.24, 2.45) is 0 Å². The highest BCUT2D eigenvalue weighted by Gasteiger charge is 2.17. The number of carbonyl (C=O) groups excluding carboxylic acids is 2. The summed E-state index contributed by atoms with van der Waals surface area (Å²) in [7, 11) is 0. The summed E-state index contributed by atoms with van der Waals surface area (Å²) in [6, 6.07) is 15.8. The van der Waals surface area contributed by atoms with Gasteiger partial charge in [-0.1, -0.05) is 14.9 Å². The molecule has 210 valence electrons. The fourth-order valence-corrected chi connectivity index (χ4v) is 3.54. The predicted molar refractivity (Wildman–Crippen MR) is 136 cm³/mol. The molecule has 0 atom stereocenters.